The molecule has 98 valence electrons. The Morgan fingerprint density at radius 3 is 2.39 bits per heavy atom. The van der Waals surface area contributed by atoms with Gasteiger partial charge in [-0.1, -0.05) is 32.0 Å². The standard InChI is InChI=1S/C15H22N2O/c1-3-11-6-5-7-12(4-2)14(11)17-9-8-13(10-17)15(16)18/h5-7,13H,3-4,8-10H2,1-2H3,(H2,16,18). The molecule has 1 heterocycles. The van der Waals surface area contributed by atoms with Crippen LogP contribution in [0.3, 0.4) is 0 Å². The first-order valence-corrected chi connectivity index (χ1v) is 6.82. The Bertz CT molecular complexity index is 420. The molecule has 0 radical (unpaired) electrons. The van der Waals surface area contributed by atoms with Crippen molar-refractivity contribution in [3.8, 4) is 0 Å². The van der Waals surface area contributed by atoms with Crippen LogP contribution < -0.4 is 10.6 Å². The summed E-state index contributed by atoms with van der Waals surface area (Å²) in [4.78, 5) is 13.6. The molecule has 1 amide bonds. The Morgan fingerprint density at radius 2 is 1.94 bits per heavy atom. The molecule has 1 aromatic carbocycles. The van der Waals surface area contributed by atoms with Crippen LogP contribution >= 0.6 is 0 Å². The molecule has 18 heavy (non-hydrogen) atoms. The maximum Gasteiger partial charge on any atom is 0.222 e. The predicted molar refractivity (Wildman–Crippen MR) is 74.7 cm³/mol. The van der Waals surface area contributed by atoms with Gasteiger partial charge >= 0.3 is 0 Å². The van der Waals surface area contributed by atoms with Crippen molar-refractivity contribution < 1.29 is 4.79 Å². The van der Waals surface area contributed by atoms with Gasteiger partial charge in [0.05, 0.1) is 5.92 Å². The van der Waals surface area contributed by atoms with Crippen molar-refractivity contribution in [3.05, 3.63) is 29.3 Å². The van der Waals surface area contributed by atoms with Gasteiger partial charge in [-0.05, 0) is 30.4 Å². The second kappa shape index (κ2) is 5.42. The SMILES string of the molecule is CCc1cccc(CC)c1N1CCC(C(N)=O)C1. The first-order chi connectivity index (χ1) is 8.67. The number of hydrogen-bond donors (Lipinski definition) is 1. The van der Waals surface area contributed by atoms with Crippen molar-refractivity contribution in [1.82, 2.24) is 0 Å². The van der Waals surface area contributed by atoms with Gasteiger partial charge in [0, 0.05) is 18.8 Å². The minimum atomic E-state index is -0.162. The van der Waals surface area contributed by atoms with Crippen LogP contribution in [0.15, 0.2) is 18.2 Å². The summed E-state index contributed by atoms with van der Waals surface area (Å²) in [5.74, 6) is -0.149. The van der Waals surface area contributed by atoms with Gasteiger partial charge in [0.15, 0.2) is 0 Å². The summed E-state index contributed by atoms with van der Waals surface area (Å²) in [5.41, 5.74) is 9.50. The topological polar surface area (TPSA) is 46.3 Å². The highest BCUT2D eigenvalue weighted by atomic mass is 16.1. The Labute approximate surface area is 109 Å². The Hall–Kier alpha value is -1.51. The van der Waals surface area contributed by atoms with Crippen LogP contribution in [0.4, 0.5) is 5.69 Å². The number of primary amides is 1. The Morgan fingerprint density at radius 1 is 1.33 bits per heavy atom. The van der Waals surface area contributed by atoms with Crippen LogP contribution in [0.5, 0.6) is 0 Å². The van der Waals surface area contributed by atoms with E-state index in [1.54, 1.807) is 0 Å². The number of hydrogen-bond acceptors (Lipinski definition) is 2. The molecule has 3 heteroatoms. The lowest BCUT2D eigenvalue weighted by molar-refractivity contribution is -0.121. The zero-order chi connectivity index (χ0) is 13.1. The van der Waals surface area contributed by atoms with E-state index in [1.165, 1.54) is 16.8 Å². The van der Waals surface area contributed by atoms with E-state index in [1.807, 2.05) is 0 Å². The first-order valence-electron chi connectivity index (χ1n) is 6.82. The van der Waals surface area contributed by atoms with Gasteiger partial charge in [-0.15, -0.1) is 0 Å². The number of nitrogens with two attached hydrogens (primary N) is 1. The van der Waals surface area contributed by atoms with Crippen molar-refractivity contribution in [2.24, 2.45) is 11.7 Å². The van der Waals surface area contributed by atoms with Crippen molar-refractivity contribution >= 4 is 11.6 Å². The van der Waals surface area contributed by atoms with Gasteiger partial charge < -0.3 is 10.6 Å². The lowest BCUT2D eigenvalue weighted by Gasteiger charge is -2.24. The average molecular weight is 246 g/mol. The summed E-state index contributed by atoms with van der Waals surface area (Å²) in [6.07, 6.45) is 2.94. The van der Waals surface area contributed by atoms with Gasteiger partial charge in [-0.3, -0.25) is 4.79 Å². The molecule has 0 spiro atoms. The van der Waals surface area contributed by atoms with Crippen LogP contribution in [-0.2, 0) is 17.6 Å². The van der Waals surface area contributed by atoms with Crippen LogP contribution in [-0.4, -0.2) is 19.0 Å². The quantitative estimate of drug-likeness (QED) is 0.884. The lowest BCUT2D eigenvalue weighted by Crippen LogP contribution is -2.28. The minimum absolute atomic E-state index is 0.0135. The van der Waals surface area contributed by atoms with E-state index in [4.69, 9.17) is 5.73 Å². The fourth-order valence-electron chi connectivity index (χ4n) is 2.82. The fourth-order valence-corrected chi connectivity index (χ4v) is 2.82. The minimum Gasteiger partial charge on any atom is -0.370 e. The molecule has 1 aliphatic heterocycles. The van der Waals surface area contributed by atoms with Crippen LogP contribution in [0, 0.1) is 5.92 Å². The normalized spacial score (nSPS) is 19.2. The van der Waals surface area contributed by atoms with E-state index < -0.39 is 0 Å². The van der Waals surface area contributed by atoms with Crippen molar-refractivity contribution in [1.29, 1.82) is 0 Å². The Kier molecular flexibility index (Phi) is 3.90. The molecule has 0 aromatic heterocycles. The summed E-state index contributed by atoms with van der Waals surface area (Å²) in [6.45, 7) is 6.08. The summed E-state index contributed by atoms with van der Waals surface area (Å²) in [7, 11) is 0. The summed E-state index contributed by atoms with van der Waals surface area (Å²) >= 11 is 0. The predicted octanol–water partition coefficient (Wildman–Crippen LogP) is 2.12. The molecule has 2 N–H and O–H groups in total. The van der Waals surface area contributed by atoms with E-state index in [9.17, 15) is 4.79 Å². The molecular formula is C15H22N2O. The molecule has 2 rings (SSSR count). The number of carbonyl (C=O) groups excluding carboxylic acids is 1. The molecule has 0 bridgehead atoms. The van der Waals surface area contributed by atoms with Gasteiger partial charge in [-0.2, -0.15) is 0 Å². The van der Waals surface area contributed by atoms with Gasteiger partial charge in [-0.25, -0.2) is 0 Å². The largest absolute Gasteiger partial charge is 0.370 e. The first kappa shape index (κ1) is 12.9. The van der Waals surface area contributed by atoms with Crippen LogP contribution in [0.25, 0.3) is 0 Å². The summed E-state index contributed by atoms with van der Waals surface area (Å²) < 4.78 is 0. The molecule has 0 saturated carbocycles. The molecule has 1 fully saturated rings. The molecule has 1 saturated heterocycles. The van der Waals surface area contributed by atoms with Gasteiger partial charge in [0.1, 0.15) is 0 Å². The van der Waals surface area contributed by atoms with E-state index >= 15 is 0 Å². The van der Waals surface area contributed by atoms with Crippen molar-refractivity contribution in [3.63, 3.8) is 0 Å². The molecule has 1 aromatic rings. The highest BCUT2D eigenvalue weighted by Crippen LogP contribution is 2.31. The molecule has 1 aliphatic rings. The summed E-state index contributed by atoms with van der Waals surface area (Å²) in [6, 6.07) is 6.50. The number of amides is 1. The van der Waals surface area contributed by atoms with Crippen LogP contribution in [0.1, 0.15) is 31.4 Å². The smallest absolute Gasteiger partial charge is 0.222 e. The second-order valence-corrected chi connectivity index (χ2v) is 4.97. The lowest BCUT2D eigenvalue weighted by atomic mass is 10.0. The van der Waals surface area contributed by atoms with E-state index in [0.717, 1.165) is 32.4 Å². The number of para-hydroxylation sites is 1. The van der Waals surface area contributed by atoms with Gasteiger partial charge in [0.2, 0.25) is 5.91 Å². The fraction of sp³-hybridized carbons (Fsp3) is 0.533. The van der Waals surface area contributed by atoms with Crippen molar-refractivity contribution in [2.75, 3.05) is 18.0 Å². The zero-order valence-corrected chi connectivity index (χ0v) is 11.3. The number of rotatable bonds is 4. The maximum atomic E-state index is 11.3. The number of aryl methyl sites for hydroxylation is 2. The third-order valence-electron chi connectivity index (χ3n) is 3.87. The highest BCUT2D eigenvalue weighted by Gasteiger charge is 2.28. The highest BCUT2D eigenvalue weighted by molar-refractivity contribution is 5.78. The summed E-state index contributed by atoms with van der Waals surface area (Å²) in [5, 5.41) is 0. The third kappa shape index (κ3) is 2.35. The maximum absolute atomic E-state index is 11.3. The van der Waals surface area contributed by atoms with E-state index in [-0.39, 0.29) is 11.8 Å². The number of carbonyl (C=O) groups is 1. The van der Waals surface area contributed by atoms with Crippen molar-refractivity contribution in [2.45, 2.75) is 33.1 Å². The average Bonchev–Trinajstić information content (AvgIpc) is 2.87. The molecular weight excluding hydrogens is 224 g/mol. The van der Waals surface area contributed by atoms with E-state index in [0.29, 0.717) is 0 Å². The van der Waals surface area contributed by atoms with E-state index in [2.05, 4.69) is 36.9 Å². The van der Waals surface area contributed by atoms with Crippen LogP contribution in [0.2, 0.25) is 0 Å². The molecule has 1 unspecified atom stereocenters. The second-order valence-electron chi connectivity index (χ2n) is 4.97. The monoisotopic (exact) mass is 246 g/mol. The molecule has 3 nitrogen and oxygen atoms in total. The third-order valence-corrected chi connectivity index (χ3v) is 3.87. The molecule has 1 atom stereocenters. The number of benzene rings is 1. The number of nitrogens with zero attached hydrogens (tertiary/aromatic N) is 1. The number of anilines is 1. The zero-order valence-electron chi connectivity index (χ0n) is 11.3. The Balaban J connectivity index is 2.30. The molecule has 0 aliphatic carbocycles. The van der Waals surface area contributed by atoms with Gasteiger partial charge in [0.25, 0.3) is 0 Å².